The van der Waals surface area contributed by atoms with Crippen LogP contribution in [0.1, 0.15) is 31.4 Å². The topological polar surface area (TPSA) is 57.6 Å². The monoisotopic (exact) mass is 349 g/mol. The average molecular weight is 349 g/mol. The number of aliphatic carboxylic acids is 1. The molecular weight excluding hydrogens is 330 g/mol. The van der Waals surface area contributed by atoms with Gasteiger partial charge in [0.1, 0.15) is 10.4 Å². The molecule has 23 heavy (non-hydrogen) atoms. The Balaban J connectivity index is 2.28. The fraction of sp³-hybridized carbons (Fsp3) is 0.353. The van der Waals surface area contributed by atoms with E-state index < -0.39 is 12.0 Å². The lowest BCUT2D eigenvalue weighted by Crippen LogP contribution is -2.44. The Morgan fingerprint density at radius 3 is 2.48 bits per heavy atom. The van der Waals surface area contributed by atoms with E-state index >= 15 is 0 Å². The highest BCUT2D eigenvalue weighted by atomic mass is 32.2. The molecule has 1 fully saturated rings. The van der Waals surface area contributed by atoms with Gasteiger partial charge in [0.05, 0.1) is 4.91 Å². The number of carboxylic acid groups (broad SMARTS) is 1. The summed E-state index contributed by atoms with van der Waals surface area (Å²) in [4.78, 5) is 25.8. The van der Waals surface area contributed by atoms with Gasteiger partial charge >= 0.3 is 5.97 Å². The zero-order valence-electron chi connectivity index (χ0n) is 13.3. The molecule has 0 spiro atoms. The second-order valence-corrected chi connectivity index (χ2v) is 7.62. The number of thiocarbonyl (C=S) groups is 1. The van der Waals surface area contributed by atoms with E-state index in [1.54, 1.807) is 6.08 Å². The van der Waals surface area contributed by atoms with Crippen molar-refractivity contribution in [3.63, 3.8) is 0 Å². The van der Waals surface area contributed by atoms with Crippen LogP contribution in [0.4, 0.5) is 0 Å². The van der Waals surface area contributed by atoms with E-state index in [-0.39, 0.29) is 11.8 Å². The number of nitrogens with zero attached hydrogens (tertiary/aromatic N) is 1. The van der Waals surface area contributed by atoms with E-state index in [1.807, 2.05) is 45.0 Å². The minimum absolute atomic E-state index is 0.154. The fourth-order valence-corrected chi connectivity index (χ4v) is 3.68. The molecule has 1 aromatic rings. The van der Waals surface area contributed by atoms with Gasteiger partial charge in [0.25, 0.3) is 5.91 Å². The Labute approximate surface area is 145 Å². The number of hydrogen-bond acceptors (Lipinski definition) is 4. The highest BCUT2D eigenvalue weighted by molar-refractivity contribution is 8.26. The van der Waals surface area contributed by atoms with E-state index in [0.29, 0.717) is 15.6 Å². The number of carbonyl (C=O) groups is 2. The summed E-state index contributed by atoms with van der Waals surface area (Å²) in [5.74, 6) is -1.19. The smallest absolute Gasteiger partial charge is 0.326 e. The molecule has 122 valence electrons. The Morgan fingerprint density at radius 2 is 1.96 bits per heavy atom. The summed E-state index contributed by atoms with van der Waals surface area (Å²) in [5.41, 5.74) is 2.03. The van der Waals surface area contributed by atoms with E-state index in [0.717, 1.165) is 22.9 Å². The number of amides is 1. The van der Waals surface area contributed by atoms with Gasteiger partial charge in [0, 0.05) is 0 Å². The molecule has 1 aliphatic heterocycles. The standard InChI is InChI=1S/C17H19NO3S2/c1-10(2)8-13(16(20)21)18-15(19)14(23-17(18)22)9-12-6-4-11(3)5-7-12/h4-7,9-10,13H,8H2,1-3H3,(H,20,21)/b14-9-/t13-/m1/s1. The number of hydrogen-bond donors (Lipinski definition) is 1. The molecule has 1 N–H and O–H groups in total. The molecule has 0 aliphatic carbocycles. The summed E-state index contributed by atoms with van der Waals surface area (Å²) >= 11 is 6.40. The molecule has 1 atom stereocenters. The molecule has 1 heterocycles. The van der Waals surface area contributed by atoms with Gasteiger partial charge in [-0.15, -0.1) is 0 Å². The summed E-state index contributed by atoms with van der Waals surface area (Å²) in [5, 5.41) is 9.44. The van der Waals surface area contributed by atoms with Gasteiger partial charge in [0.15, 0.2) is 0 Å². The summed E-state index contributed by atoms with van der Waals surface area (Å²) in [6, 6.07) is 6.86. The van der Waals surface area contributed by atoms with Crippen molar-refractivity contribution >= 4 is 46.3 Å². The largest absolute Gasteiger partial charge is 0.480 e. The first-order valence-corrected chi connectivity index (χ1v) is 8.58. The van der Waals surface area contributed by atoms with Crippen molar-refractivity contribution in [3.05, 3.63) is 40.3 Å². The fourth-order valence-electron chi connectivity index (χ4n) is 2.33. The quantitative estimate of drug-likeness (QED) is 0.649. The number of benzene rings is 1. The molecule has 0 unspecified atom stereocenters. The highest BCUT2D eigenvalue weighted by Crippen LogP contribution is 2.35. The lowest BCUT2D eigenvalue weighted by atomic mass is 10.0. The molecule has 1 amide bonds. The summed E-state index contributed by atoms with van der Waals surface area (Å²) < 4.78 is 0.307. The lowest BCUT2D eigenvalue weighted by Gasteiger charge is -2.24. The Hall–Kier alpha value is -1.66. The molecule has 6 heteroatoms. The number of thioether (sulfide) groups is 1. The predicted octanol–water partition coefficient (Wildman–Crippen LogP) is 3.70. The summed E-state index contributed by atoms with van der Waals surface area (Å²) in [6.07, 6.45) is 2.13. The van der Waals surface area contributed by atoms with Crippen LogP contribution in [0.25, 0.3) is 6.08 Å². The molecule has 1 aromatic carbocycles. The Morgan fingerprint density at radius 1 is 1.35 bits per heavy atom. The molecule has 0 bridgehead atoms. The Kier molecular flexibility index (Phi) is 5.59. The first kappa shape index (κ1) is 17.7. The molecule has 1 saturated heterocycles. The highest BCUT2D eigenvalue weighted by Gasteiger charge is 2.40. The number of carbonyl (C=O) groups excluding carboxylic acids is 1. The van der Waals surface area contributed by atoms with Crippen molar-refractivity contribution in [2.24, 2.45) is 5.92 Å². The zero-order valence-corrected chi connectivity index (χ0v) is 14.9. The van der Waals surface area contributed by atoms with Crippen molar-refractivity contribution < 1.29 is 14.7 Å². The van der Waals surface area contributed by atoms with Gasteiger partial charge in [-0.3, -0.25) is 9.69 Å². The summed E-state index contributed by atoms with van der Waals surface area (Å²) in [7, 11) is 0. The van der Waals surface area contributed by atoms with Crippen LogP contribution >= 0.6 is 24.0 Å². The first-order chi connectivity index (χ1) is 10.8. The van der Waals surface area contributed by atoms with Crippen molar-refractivity contribution in [1.82, 2.24) is 4.90 Å². The van der Waals surface area contributed by atoms with Crippen LogP contribution < -0.4 is 0 Å². The van der Waals surface area contributed by atoms with Crippen LogP contribution in [0.3, 0.4) is 0 Å². The number of carboxylic acids is 1. The van der Waals surface area contributed by atoms with Gasteiger partial charge in [-0.25, -0.2) is 4.79 Å². The second-order valence-electron chi connectivity index (χ2n) is 5.95. The lowest BCUT2D eigenvalue weighted by molar-refractivity contribution is -0.145. The van der Waals surface area contributed by atoms with Crippen LogP contribution in [0.15, 0.2) is 29.2 Å². The van der Waals surface area contributed by atoms with Gasteiger partial charge in [-0.1, -0.05) is 67.7 Å². The van der Waals surface area contributed by atoms with E-state index in [4.69, 9.17) is 12.2 Å². The van der Waals surface area contributed by atoms with Crippen LogP contribution in [0, 0.1) is 12.8 Å². The predicted molar refractivity (Wildman–Crippen MR) is 97.1 cm³/mol. The van der Waals surface area contributed by atoms with Crippen LogP contribution in [-0.2, 0) is 9.59 Å². The maximum atomic E-state index is 12.6. The zero-order chi connectivity index (χ0) is 17.1. The van der Waals surface area contributed by atoms with Gasteiger partial charge in [-0.2, -0.15) is 0 Å². The summed E-state index contributed by atoms with van der Waals surface area (Å²) in [6.45, 7) is 5.85. The third kappa shape index (κ3) is 4.20. The normalized spacial score (nSPS) is 18.1. The molecule has 2 rings (SSSR count). The van der Waals surface area contributed by atoms with E-state index in [2.05, 4.69) is 0 Å². The maximum Gasteiger partial charge on any atom is 0.326 e. The average Bonchev–Trinajstić information content (AvgIpc) is 2.73. The second kappa shape index (κ2) is 7.27. The molecule has 0 aromatic heterocycles. The molecule has 0 radical (unpaired) electrons. The van der Waals surface area contributed by atoms with Crippen molar-refractivity contribution in [2.45, 2.75) is 33.2 Å². The number of rotatable bonds is 5. The molecule has 4 nitrogen and oxygen atoms in total. The third-order valence-electron chi connectivity index (χ3n) is 3.49. The van der Waals surface area contributed by atoms with Crippen LogP contribution in [0.2, 0.25) is 0 Å². The molecule has 1 aliphatic rings. The minimum atomic E-state index is -1.02. The van der Waals surface area contributed by atoms with Crippen molar-refractivity contribution in [1.29, 1.82) is 0 Å². The van der Waals surface area contributed by atoms with E-state index in [9.17, 15) is 14.7 Å². The van der Waals surface area contributed by atoms with E-state index in [1.165, 1.54) is 4.90 Å². The molecular formula is C17H19NO3S2. The van der Waals surface area contributed by atoms with Gasteiger partial charge < -0.3 is 5.11 Å². The van der Waals surface area contributed by atoms with Gasteiger partial charge in [-0.05, 0) is 30.9 Å². The van der Waals surface area contributed by atoms with Gasteiger partial charge in [0.2, 0.25) is 0 Å². The van der Waals surface area contributed by atoms with Crippen LogP contribution in [-0.4, -0.2) is 32.2 Å². The third-order valence-corrected chi connectivity index (χ3v) is 4.82. The first-order valence-electron chi connectivity index (χ1n) is 7.36. The Bertz CT molecular complexity index is 665. The maximum absolute atomic E-state index is 12.6. The minimum Gasteiger partial charge on any atom is -0.480 e. The SMILES string of the molecule is Cc1ccc(/C=C2\SC(=S)N([C@H](CC(C)C)C(=O)O)C2=O)cc1. The van der Waals surface area contributed by atoms with Crippen molar-refractivity contribution in [3.8, 4) is 0 Å². The number of aryl methyl sites for hydroxylation is 1. The van der Waals surface area contributed by atoms with Crippen LogP contribution in [0.5, 0.6) is 0 Å². The molecule has 0 saturated carbocycles. The van der Waals surface area contributed by atoms with Crippen molar-refractivity contribution in [2.75, 3.05) is 0 Å².